The van der Waals surface area contributed by atoms with Crippen molar-refractivity contribution >= 4 is 23.5 Å². The second-order valence-electron chi connectivity index (χ2n) is 5.51. The number of anilines is 1. The van der Waals surface area contributed by atoms with Crippen molar-refractivity contribution in [1.82, 2.24) is 5.16 Å². The molecule has 0 spiro atoms. The molecular weight excluding hydrogens is 340 g/mol. The highest BCUT2D eigenvalue weighted by atomic mass is 35.5. The first-order chi connectivity index (χ1) is 12.1. The Morgan fingerprint density at radius 1 is 1.16 bits per heavy atom. The summed E-state index contributed by atoms with van der Waals surface area (Å²) in [6.07, 6.45) is 0. The molecule has 25 heavy (non-hydrogen) atoms. The molecule has 0 bridgehead atoms. The summed E-state index contributed by atoms with van der Waals surface area (Å²) in [4.78, 5) is 12.3. The van der Waals surface area contributed by atoms with E-state index in [4.69, 9.17) is 20.9 Å². The van der Waals surface area contributed by atoms with Crippen molar-refractivity contribution < 1.29 is 14.1 Å². The maximum atomic E-state index is 12.3. The molecule has 1 atom stereocenters. The fourth-order valence-electron chi connectivity index (χ4n) is 2.51. The van der Waals surface area contributed by atoms with Gasteiger partial charge in [0.1, 0.15) is 5.69 Å². The number of hydrogen-bond acceptors (Lipinski definition) is 5. The molecule has 0 unspecified atom stereocenters. The SMILES string of the molecule is COC(=O)c1c(-c2ccc(Cl)cc2)noc1N[C@@H](C)c1ccccc1. The molecule has 0 saturated carbocycles. The number of aromatic nitrogens is 1. The molecule has 1 N–H and O–H groups in total. The smallest absolute Gasteiger partial charge is 0.345 e. The third-order valence-electron chi connectivity index (χ3n) is 3.85. The molecule has 5 nitrogen and oxygen atoms in total. The number of nitrogens with zero attached hydrogens (tertiary/aromatic N) is 1. The van der Waals surface area contributed by atoms with Gasteiger partial charge >= 0.3 is 5.97 Å². The minimum Gasteiger partial charge on any atom is -0.465 e. The zero-order chi connectivity index (χ0) is 17.8. The van der Waals surface area contributed by atoms with E-state index in [2.05, 4.69) is 10.5 Å². The van der Waals surface area contributed by atoms with Crippen LogP contribution in [-0.4, -0.2) is 18.2 Å². The van der Waals surface area contributed by atoms with Crippen LogP contribution in [0, 0.1) is 0 Å². The van der Waals surface area contributed by atoms with E-state index in [-0.39, 0.29) is 17.5 Å². The Bertz CT molecular complexity index is 860. The molecule has 0 fully saturated rings. The lowest BCUT2D eigenvalue weighted by Crippen LogP contribution is -2.10. The fourth-order valence-corrected chi connectivity index (χ4v) is 2.63. The van der Waals surface area contributed by atoms with E-state index in [0.29, 0.717) is 16.3 Å². The normalized spacial score (nSPS) is 11.8. The number of halogens is 1. The molecule has 3 rings (SSSR count). The number of esters is 1. The van der Waals surface area contributed by atoms with E-state index in [1.54, 1.807) is 24.3 Å². The summed E-state index contributed by atoms with van der Waals surface area (Å²) < 4.78 is 10.3. The summed E-state index contributed by atoms with van der Waals surface area (Å²) in [5.41, 5.74) is 2.44. The van der Waals surface area contributed by atoms with Gasteiger partial charge in [-0.15, -0.1) is 0 Å². The van der Waals surface area contributed by atoms with Crippen molar-refractivity contribution in [3.8, 4) is 11.3 Å². The van der Waals surface area contributed by atoms with Gasteiger partial charge in [-0.3, -0.25) is 0 Å². The summed E-state index contributed by atoms with van der Waals surface area (Å²) in [7, 11) is 1.32. The van der Waals surface area contributed by atoms with Crippen molar-refractivity contribution in [2.75, 3.05) is 12.4 Å². The first kappa shape index (κ1) is 17.0. The highest BCUT2D eigenvalue weighted by Gasteiger charge is 2.26. The van der Waals surface area contributed by atoms with Crippen LogP contribution in [0.4, 0.5) is 5.88 Å². The highest BCUT2D eigenvalue weighted by molar-refractivity contribution is 6.30. The average molecular weight is 357 g/mol. The number of methoxy groups -OCH3 is 1. The molecular formula is C19H17ClN2O3. The van der Waals surface area contributed by atoms with E-state index in [1.807, 2.05) is 37.3 Å². The Labute approximate surface area is 150 Å². The summed E-state index contributed by atoms with van der Waals surface area (Å²) in [6, 6.07) is 16.8. The van der Waals surface area contributed by atoms with Crippen molar-refractivity contribution in [3.05, 3.63) is 70.7 Å². The Kier molecular flexibility index (Phi) is 5.05. The maximum absolute atomic E-state index is 12.3. The molecule has 0 aliphatic heterocycles. The number of carbonyl (C=O) groups is 1. The van der Waals surface area contributed by atoms with Gasteiger partial charge in [-0.25, -0.2) is 4.79 Å². The standard InChI is InChI=1S/C19H17ClN2O3/c1-12(13-6-4-3-5-7-13)21-18-16(19(23)24-2)17(22-25-18)14-8-10-15(20)11-9-14/h3-12,21H,1-2H3/t12-/m0/s1. The second kappa shape index (κ2) is 7.40. The van der Waals surface area contributed by atoms with Crippen LogP contribution in [0.1, 0.15) is 28.9 Å². The van der Waals surface area contributed by atoms with E-state index < -0.39 is 5.97 Å². The van der Waals surface area contributed by atoms with Crippen LogP contribution in [0.15, 0.2) is 59.1 Å². The lowest BCUT2D eigenvalue weighted by atomic mass is 10.1. The number of carbonyl (C=O) groups excluding carboxylic acids is 1. The molecule has 3 aromatic rings. The number of nitrogens with one attached hydrogen (secondary N) is 1. The van der Waals surface area contributed by atoms with Gasteiger partial charge in [0.15, 0.2) is 5.56 Å². The van der Waals surface area contributed by atoms with E-state index in [9.17, 15) is 4.79 Å². The summed E-state index contributed by atoms with van der Waals surface area (Å²) in [5, 5.41) is 7.84. The van der Waals surface area contributed by atoms with Crippen LogP contribution >= 0.6 is 11.6 Å². The van der Waals surface area contributed by atoms with Crippen molar-refractivity contribution in [1.29, 1.82) is 0 Å². The average Bonchev–Trinajstić information content (AvgIpc) is 3.06. The number of ether oxygens (including phenoxy) is 1. The monoisotopic (exact) mass is 356 g/mol. The zero-order valence-electron chi connectivity index (χ0n) is 13.8. The van der Waals surface area contributed by atoms with E-state index >= 15 is 0 Å². The van der Waals surface area contributed by atoms with Crippen LogP contribution in [-0.2, 0) is 4.74 Å². The predicted octanol–water partition coefficient (Wildman–Crippen LogP) is 4.95. The first-order valence-corrected chi connectivity index (χ1v) is 8.13. The van der Waals surface area contributed by atoms with Gasteiger partial charge in [-0.05, 0) is 24.6 Å². The fraction of sp³-hybridized carbons (Fsp3) is 0.158. The number of hydrogen-bond donors (Lipinski definition) is 1. The molecule has 2 aromatic carbocycles. The Hall–Kier alpha value is -2.79. The van der Waals surface area contributed by atoms with Crippen LogP contribution in [0.2, 0.25) is 5.02 Å². The van der Waals surface area contributed by atoms with Crippen LogP contribution in [0.25, 0.3) is 11.3 Å². The molecule has 0 radical (unpaired) electrons. The number of rotatable bonds is 5. The molecule has 0 saturated heterocycles. The minimum atomic E-state index is -0.519. The Morgan fingerprint density at radius 2 is 1.84 bits per heavy atom. The van der Waals surface area contributed by atoms with E-state index in [1.165, 1.54) is 7.11 Å². The summed E-state index contributed by atoms with van der Waals surface area (Å²) in [5.74, 6) is -0.248. The van der Waals surface area contributed by atoms with Gasteiger partial charge in [-0.1, -0.05) is 59.2 Å². The van der Waals surface area contributed by atoms with Gasteiger partial charge in [0.2, 0.25) is 5.88 Å². The quantitative estimate of drug-likeness (QED) is 0.655. The van der Waals surface area contributed by atoms with Crippen molar-refractivity contribution in [3.63, 3.8) is 0 Å². The third kappa shape index (κ3) is 3.67. The van der Waals surface area contributed by atoms with Crippen molar-refractivity contribution in [2.45, 2.75) is 13.0 Å². The molecule has 6 heteroatoms. The second-order valence-corrected chi connectivity index (χ2v) is 5.95. The lowest BCUT2D eigenvalue weighted by molar-refractivity contribution is 0.0602. The maximum Gasteiger partial charge on any atom is 0.345 e. The highest BCUT2D eigenvalue weighted by Crippen LogP contribution is 2.32. The van der Waals surface area contributed by atoms with Gasteiger partial charge in [-0.2, -0.15) is 0 Å². The predicted molar refractivity (Wildman–Crippen MR) is 96.8 cm³/mol. The molecule has 0 amide bonds. The number of benzene rings is 2. The molecule has 1 heterocycles. The van der Waals surface area contributed by atoms with Gasteiger partial charge < -0.3 is 14.6 Å². The van der Waals surface area contributed by atoms with Crippen LogP contribution < -0.4 is 5.32 Å². The molecule has 0 aliphatic rings. The van der Waals surface area contributed by atoms with Gasteiger partial charge in [0, 0.05) is 10.6 Å². The topological polar surface area (TPSA) is 64.4 Å². The van der Waals surface area contributed by atoms with E-state index in [0.717, 1.165) is 5.56 Å². The zero-order valence-corrected chi connectivity index (χ0v) is 14.6. The summed E-state index contributed by atoms with van der Waals surface area (Å²) >= 11 is 5.92. The Balaban J connectivity index is 1.97. The molecule has 1 aromatic heterocycles. The van der Waals surface area contributed by atoms with Gasteiger partial charge in [0.05, 0.1) is 13.2 Å². The minimum absolute atomic E-state index is 0.0735. The molecule has 0 aliphatic carbocycles. The summed E-state index contributed by atoms with van der Waals surface area (Å²) in [6.45, 7) is 1.97. The first-order valence-electron chi connectivity index (χ1n) is 7.75. The van der Waals surface area contributed by atoms with Crippen LogP contribution in [0.5, 0.6) is 0 Å². The largest absolute Gasteiger partial charge is 0.465 e. The van der Waals surface area contributed by atoms with Crippen molar-refractivity contribution in [2.24, 2.45) is 0 Å². The Morgan fingerprint density at radius 3 is 2.48 bits per heavy atom. The van der Waals surface area contributed by atoms with Crippen LogP contribution in [0.3, 0.4) is 0 Å². The third-order valence-corrected chi connectivity index (χ3v) is 4.10. The molecule has 128 valence electrons. The van der Waals surface area contributed by atoms with Gasteiger partial charge in [0.25, 0.3) is 0 Å². The lowest BCUT2D eigenvalue weighted by Gasteiger charge is -2.13.